The third-order valence-corrected chi connectivity index (χ3v) is 3.28. The number of rotatable bonds is 4. The van der Waals surface area contributed by atoms with Gasteiger partial charge in [-0.1, -0.05) is 18.5 Å². The van der Waals surface area contributed by atoms with Crippen LogP contribution in [-0.2, 0) is 14.3 Å². The molecule has 0 radical (unpaired) electrons. The molecule has 102 valence electrons. The van der Waals surface area contributed by atoms with Gasteiger partial charge in [0.25, 0.3) is 5.91 Å². The molecule has 1 amide bonds. The van der Waals surface area contributed by atoms with Gasteiger partial charge in [-0.2, -0.15) is 0 Å². The van der Waals surface area contributed by atoms with Gasteiger partial charge in [-0.25, -0.2) is 4.39 Å². The highest BCUT2D eigenvalue weighted by Crippen LogP contribution is 2.38. The summed E-state index contributed by atoms with van der Waals surface area (Å²) in [5.74, 6) is -1.09. The molecule has 0 saturated heterocycles. The smallest absolute Gasteiger partial charge is 0.309 e. The van der Waals surface area contributed by atoms with Crippen LogP contribution in [0, 0.1) is 17.7 Å². The van der Waals surface area contributed by atoms with Crippen molar-refractivity contribution in [3.63, 3.8) is 0 Å². The zero-order valence-electron chi connectivity index (χ0n) is 10.3. The lowest BCUT2D eigenvalue weighted by atomic mass is 10.3. The van der Waals surface area contributed by atoms with Crippen LogP contribution in [0.3, 0.4) is 0 Å². The predicted octanol–water partition coefficient (Wildman–Crippen LogP) is 2.62. The van der Waals surface area contributed by atoms with E-state index < -0.39 is 11.7 Å². The van der Waals surface area contributed by atoms with Crippen LogP contribution in [0.25, 0.3) is 0 Å². The van der Waals surface area contributed by atoms with E-state index in [1.165, 1.54) is 12.1 Å². The van der Waals surface area contributed by atoms with Crippen LogP contribution < -0.4 is 5.32 Å². The minimum atomic E-state index is -0.504. The number of nitrogens with one attached hydrogen (secondary N) is 1. The summed E-state index contributed by atoms with van der Waals surface area (Å²) < 4.78 is 17.7. The summed E-state index contributed by atoms with van der Waals surface area (Å²) in [5.41, 5.74) is 0.281. The number of hydrogen-bond donors (Lipinski definition) is 1. The molecule has 1 aromatic carbocycles. The second-order valence-corrected chi connectivity index (χ2v) is 5.01. The maximum Gasteiger partial charge on any atom is 0.309 e. The molecule has 1 N–H and O–H groups in total. The summed E-state index contributed by atoms with van der Waals surface area (Å²) in [6.07, 6.45) is 0.810. The molecular weight excluding hydrogens is 273 g/mol. The van der Waals surface area contributed by atoms with Gasteiger partial charge >= 0.3 is 5.97 Å². The number of ether oxygens (including phenoxy) is 1. The molecule has 1 fully saturated rings. The van der Waals surface area contributed by atoms with Crippen molar-refractivity contribution in [2.24, 2.45) is 11.8 Å². The second-order valence-electron chi connectivity index (χ2n) is 4.60. The lowest BCUT2D eigenvalue weighted by Gasteiger charge is -2.07. The Balaban J connectivity index is 1.82. The lowest BCUT2D eigenvalue weighted by Crippen LogP contribution is -2.21. The third-order valence-electron chi connectivity index (χ3n) is 2.96. The van der Waals surface area contributed by atoms with E-state index >= 15 is 0 Å². The molecule has 6 heteroatoms. The molecule has 1 aliphatic rings. The van der Waals surface area contributed by atoms with E-state index in [9.17, 15) is 14.0 Å². The van der Waals surface area contributed by atoms with Crippen molar-refractivity contribution in [3.8, 4) is 0 Å². The molecule has 4 nitrogen and oxygen atoms in total. The first-order valence-corrected chi connectivity index (χ1v) is 6.26. The van der Waals surface area contributed by atoms with E-state index in [0.29, 0.717) is 5.92 Å². The normalized spacial score (nSPS) is 20.8. The quantitative estimate of drug-likeness (QED) is 0.865. The fourth-order valence-corrected chi connectivity index (χ4v) is 1.89. The molecule has 2 rings (SSSR count). The average Bonchev–Trinajstić information content (AvgIpc) is 3.07. The largest absolute Gasteiger partial charge is 0.455 e. The predicted molar refractivity (Wildman–Crippen MR) is 68.3 cm³/mol. The van der Waals surface area contributed by atoms with Crippen molar-refractivity contribution in [1.82, 2.24) is 0 Å². The summed E-state index contributed by atoms with van der Waals surface area (Å²) in [7, 11) is 0. The van der Waals surface area contributed by atoms with Crippen LogP contribution in [0.1, 0.15) is 13.3 Å². The Bertz CT molecular complexity index is 521. The summed E-state index contributed by atoms with van der Waals surface area (Å²) in [5, 5.41) is 2.54. The first-order chi connectivity index (χ1) is 8.97. The van der Waals surface area contributed by atoms with Gasteiger partial charge in [-0.3, -0.25) is 9.59 Å². The maximum absolute atomic E-state index is 12.8. The first-order valence-electron chi connectivity index (χ1n) is 5.89. The van der Waals surface area contributed by atoms with Crippen LogP contribution in [0.4, 0.5) is 10.1 Å². The zero-order valence-corrected chi connectivity index (χ0v) is 11.0. The first kappa shape index (κ1) is 13.8. The van der Waals surface area contributed by atoms with Crippen molar-refractivity contribution in [2.45, 2.75) is 13.3 Å². The molecule has 0 heterocycles. The fourth-order valence-electron chi connectivity index (χ4n) is 1.67. The monoisotopic (exact) mass is 285 g/mol. The highest BCUT2D eigenvalue weighted by Gasteiger charge is 2.40. The molecule has 0 spiro atoms. The summed E-state index contributed by atoms with van der Waals surface area (Å²) in [4.78, 5) is 22.9. The van der Waals surface area contributed by atoms with Gasteiger partial charge in [0.15, 0.2) is 6.61 Å². The van der Waals surface area contributed by atoms with Crippen molar-refractivity contribution in [1.29, 1.82) is 0 Å². The van der Waals surface area contributed by atoms with Gasteiger partial charge in [0.2, 0.25) is 0 Å². The Morgan fingerprint density at radius 2 is 2.21 bits per heavy atom. The zero-order chi connectivity index (χ0) is 14.0. The number of carbonyl (C=O) groups is 2. The summed E-state index contributed by atoms with van der Waals surface area (Å²) in [6.45, 7) is 1.58. The van der Waals surface area contributed by atoms with E-state index in [0.717, 1.165) is 12.5 Å². The average molecular weight is 286 g/mol. The Labute approximate surface area is 114 Å². The Hall–Kier alpha value is -1.62. The van der Waals surface area contributed by atoms with Gasteiger partial charge in [0.1, 0.15) is 5.82 Å². The van der Waals surface area contributed by atoms with E-state index in [1.807, 2.05) is 6.92 Å². The fraction of sp³-hybridized carbons (Fsp3) is 0.385. The van der Waals surface area contributed by atoms with Gasteiger partial charge in [0, 0.05) is 0 Å². The standard InChI is InChI=1S/C13H13ClFNO3/c1-7-4-9(7)13(18)19-6-12(17)16-11-3-2-8(15)5-10(11)14/h2-3,5,7,9H,4,6H2,1H3,(H,16,17)/t7-,9-/m0/s1. The summed E-state index contributed by atoms with van der Waals surface area (Å²) in [6, 6.07) is 3.62. The van der Waals surface area contributed by atoms with Crippen molar-refractivity contribution in [2.75, 3.05) is 11.9 Å². The topological polar surface area (TPSA) is 55.4 Å². The second kappa shape index (κ2) is 5.57. The number of carbonyl (C=O) groups excluding carboxylic acids is 2. The Kier molecular flexibility index (Phi) is 4.04. The van der Waals surface area contributed by atoms with Gasteiger partial charge < -0.3 is 10.1 Å². The van der Waals surface area contributed by atoms with Crippen LogP contribution in [0.15, 0.2) is 18.2 Å². The highest BCUT2D eigenvalue weighted by atomic mass is 35.5. The molecule has 1 aliphatic carbocycles. The highest BCUT2D eigenvalue weighted by molar-refractivity contribution is 6.33. The number of halogens is 2. The number of benzene rings is 1. The molecule has 0 bridgehead atoms. The van der Waals surface area contributed by atoms with Crippen molar-refractivity contribution in [3.05, 3.63) is 29.0 Å². The molecule has 19 heavy (non-hydrogen) atoms. The lowest BCUT2D eigenvalue weighted by molar-refractivity contribution is -0.148. The third kappa shape index (κ3) is 3.67. The van der Waals surface area contributed by atoms with E-state index in [4.69, 9.17) is 16.3 Å². The van der Waals surface area contributed by atoms with Crippen LogP contribution >= 0.6 is 11.6 Å². The van der Waals surface area contributed by atoms with Crippen LogP contribution in [-0.4, -0.2) is 18.5 Å². The number of amides is 1. The van der Waals surface area contributed by atoms with Crippen molar-refractivity contribution < 1.29 is 18.7 Å². The number of esters is 1. The van der Waals surface area contributed by atoms with E-state index in [-0.39, 0.29) is 29.2 Å². The van der Waals surface area contributed by atoms with Gasteiger partial charge in [-0.15, -0.1) is 0 Å². The number of anilines is 1. The molecule has 1 aromatic rings. The molecule has 0 aliphatic heterocycles. The van der Waals surface area contributed by atoms with Gasteiger partial charge in [0.05, 0.1) is 16.6 Å². The minimum absolute atomic E-state index is 0.0813. The number of hydrogen-bond acceptors (Lipinski definition) is 3. The molecule has 0 unspecified atom stereocenters. The molecule has 0 aromatic heterocycles. The van der Waals surface area contributed by atoms with Crippen LogP contribution in [0.5, 0.6) is 0 Å². The maximum atomic E-state index is 12.8. The molecular formula is C13H13ClFNO3. The summed E-state index contributed by atoms with van der Waals surface area (Å²) >= 11 is 5.75. The minimum Gasteiger partial charge on any atom is -0.455 e. The molecule has 2 atom stereocenters. The SMILES string of the molecule is C[C@H]1C[C@@H]1C(=O)OCC(=O)Nc1ccc(F)cc1Cl. The van der Waals surface area contributed by atoms with Crippen LogP contribution in [0.2, 0.25) is 5.02 Å². The van der Waals surface area contributed by atoms with Crippen molar-refractivity contribution >= 4 is 29.2 Å². The van der Waals surface area contributed by atoms with E-state index in [1.54, 1.807) is 0 Å². The van der Waals surface area contributed by atoms with Gasteiger partial charge in [-0.05, 0) is 30.5 Å². The van der Waals surface area contributed by atoms with E-state index in [2.05, 4.69) is 5.32 Å². The Morgan fingerprint density at radius 3 is 2.79 bits per heavy atom. The molecule has 1 saturated carbocycles. The Morgan fingerprint density at radius 1 is 1.53 bits per heavy atom.